The quantitative estimate of drug-likeness (QED) is 0.535. The lowest BCUT2D eigenvalue weighted by Crippen LogP contribution is -2.54. The zero-order valence-electron chi connectivity index (χ0n) is 25.5. The number of benzene rings is 1. The Morgan fingerprint density at radius 3 is 2.43 bits per heavy atom. The third-order valence-electron chi connectivity index (χ3n) is 9.75. The lowest BCUT2D eigenvalue weighted by Gasteiger charge is -2.42. The average Bonchev–Trinajstić information content (AvgIpc) is 3.70. The molecule has 4 amide bonds. The molecule has 1 saturated carbocycles. The van der Waals surface area contributed by atoms with E-state index in [-0.39, 0.29) is 30.2 Å². The van der Waals surface area contributed by atoms with Crippen LogP contribution in [0.2, 0.25) is 0 Å². The number of piperazine rings is 1. The first-order chi connectivity index (χ1) is 19.9. The molecule has 4 heterocycles. The van der Waals surface area contributed by atoms with Crippen molar-refractivity contribution in [1.29, 1.82) is 0 Å². The van der Waals surface area contributed by atoms with E-state index in [4.69, 9.17) is 4.74 Å². The van der Waals surface area contributed by atoms with Crippen LogP contribution in [0.5, 0.6) is 0 Å². The molecule has 1 N–H and O–H groups in total. The molecular weight excluding hydrogens is 534 g/mol. The van der Waals surface area contributed by atoms with Crippen LogP contribution in [-0.4, -0.2) is 95.5 Å². The number of anilines is 1. The van der Waals surface area contributed by atoms with Gasteiger partial charge in [-0.15, -0.1) is 0 Å². The SMILES string of the molecule is C[C@H]1CN(Cc2ccc3c(c2)C2(CC2)C(=O)N3C2CCC(=O)NC2=O)CCN1CC1CCN(C(=O)OC(C)(C)C)CC1. The molecule has 2 atom stereocenters. The molecule has 1 aromatic rings. The molecule has 228 valence electrons. The molecule has 42 heavy (non-hydrogen) atoms. The largest absolute Gasteiger partial charge is 0.444 e. The minimum atomic E-state index is -0.613. The summed E-state index contributed by atoms with van der Waals surface area (Å²) in [6.07, 6.45) is 4.09. The predicted octanol–water partition coefficient (Wildman–Crippen LogP) is 3.02. The van der Waals surface area contributed by atoms with Gasteiger partial charge in [0.05, 0.1) is 5.41 Å². The minimum absolute atomic E-state index is 0.0170. The zero-order chi connectivity index (χ0) is 29.8. The highest BCUT2D eigenvalue weighted by Gasteiger charge is 2.61. The van der Waals surface area contributed by atoms with Gasteiger partial charge in [0, 0.05) is 64.0 Å². The van der Waals surface area contributed by atoms with Crippen molar-refractivity contribution in [2.45, 2.75) is 95.9 Å². The van der Waals surface area contributed by atoms with Gasteiger partial charge < -0.3 is 9.64 Å². The first-order valence-corrected chi connectivity index (χ1v) is 15.7. The second-order valence-corrected chi connectivity index (χ2v) is 14.1. The molecule has 1 aromatic carbocycles. The maximum absolute atomic E-state index is 13.5. The number of hydrogen-bond acceptors (Lipinski definition) is 7. The molecule has 3 saturated heterocycles. The van der Waals surface area contributed by atoms with Crippen LogP contribution in [0.3, 0.4) is 0 Å². The van der Waals surface area contributed by atoms with Gasteiger partial charge in [-0.05, 0) is 82.9 Å². The Balaban J connectivity index is 1.03. The van der Waals surface area contributed by atoms with Gasteiger partial charge in [-0.1, -0.05) is 12.1 Å². The first kappa shape index (κ1) is 29.1. The Bertz CT molecular complexity index is 1260. The van der Waals surface area contributed by atoms with Crippen molar-refractivity contribution < 1.29 is 23.9 Å². The van der Waals surface area contributed by atoms with Crippen molar-refractivity contribution in [1.82, 2.24) is 20.0 Å². The van der Waals surface area contributed by atoms with Gasteiger partial charge in [-0.3, -0.25) is 34.4 Å². The molecule has 4 aliphatic heterocycles. The predicted molar refractivity (Wildman–Crippen MR) is 158 cm³/mol. The summed E-state index contributed by atoms with van der Waals surface area (Å²) in [6, 6.07) is 6.14. The van der Waals surface area contributed by atoms with Crippen molar-refractivity contribution in [3.05, 3.63) is 29.3 Å². The highest BCUT2D eigenvalue weighted by atomic mass is 16.6. The van der Waals surface area contributed by atoms with Crippen LogP contribution < -0.4 is 10.2 Å². The van der Waals surface area contributed by atoms with Crippen LogP contribution >= 0.6 is 0 Å². The smallest absolute Gasteiger partial charge is 0.410 e. The van der Waals surface area contributed by atoms with Gasteiger partial charge in [0.1, 0.15) is 11.6 Å². The average molecular weight is 580 g/mol. The molecule has 10 nitrogen and oxygen atoms in total. The fourth-order valence-corrected chi connectivity index (χ4v) is 7.28. The number of rotatable bonds is 5. The van der Waals surface area contributed by atoms with E-state index in [9.17, 15) is 19.2 Å². The molecule has 5 aliphatic rings. The van der Waals surface area contributed by atoms with Crippen LogP contribution in [-0.2, 0) is 31.1 Å². The Hall–Kier alpha value is -2.98. The third-order valence-corrected chi connectivity index (χ3v) is 9.75. The van der Waals surface area contributed by atoms with Gasteiger partial charge >= 0.3 is 6.09 Å². The first-order valence-electron chi connectivity index (χ1n) is 15.7. The molecule has 0 bridgehead atoms. The van der Waals surface area contributed by atoms with Crippen LogP contribution in [0, 0.1) is 5.92 Å². The number of carbonyl (C=O) groups is 4. The summed E-state index contributed by atoms with van der Waals surface area (Å²) in [5, 5.41) is 2.41. The normalized spacial score (nSPS) is 26.9. The Labute approximate surface area is 248 Å². The second-order valence-electron chi connectivity index (χ2n) is 14.1. The standard InChI is InChI=1S/C32H45N5O5/c1-21-18-34(15-16-36(21)20-22-9-13-35(14-10-22)30(41)42-31(2,3)4)19-23-5-6-25-24(17-23)32(11-12-32)29(40)37(25)26-7-8-27(38)33-28(26)39/h5-6,17,21-22,26H,7-16,18-20H2,1-4H3,(H,33,38,39)/t21-,26?/m0/s1. The highest BCUT2D eigenvalue weighted by Crippen LogP contribution is 2.58. The number of likely N-dealkylation sites (tertiary alicyclic amines) is 1. The number of imide groups is 1. The molecule has 6 rings (SSSR count). The summed E-state index contributed by atoms with van der Waals surface area (Å²) >= 11 is 0. The molecule has 1 aliphatic carbocycles. The number of hydrogen-bond donors (Lipinski definition) is 1. The maximum atomic E-state index is 13.5. The van der Waals surface area contributed by atoms with Crippen LogP contribution in [0.1, 0.15) is 77.3 Å². The summed E-state index contributed by atoms with van der Waals surface area (Å²) in [4.78, 5) is 58.9. The summed E-state index contributed by atoms with van der Waals surface area (Å²) in [6.45, 7) is 14.4. The van der Waals surface area contributed by atoms with E-state index < -0.39 is 17.1 Å². The Morgan fingerprint density at radius 1 is 1.05 bits per heavy atom. The summed E-state index contributed by atoms with van der Waals surface area (Å²) in [5.74, 6) is -0.0254. The Kier molecular flexibility index (Phi) is 7.58. The van der Waals surface area contributed by atoms with Crippen molar-refractivity contribution in [3.8, 4) is 0 Å². The highest BCUT2D eigenvalue weighted by molar-refractivity contribution is 6.15. The van der Waals surface area contributed by atoms with Crippen molar-refractivity contribution in [3.63, 3.8) is 0 Å². The molecule has 1 spiro atoms. The Morgan fingerprint density at radius 2 is 1.79 bits per heavy atom. The summed E-state index contributed by atoms with van der Waals surface area (Å²) < 4.78 is 5.55. The van der Waals surface area contributed by atoms with E-state index in [0.29, 0.717) is 18.4 Å². The van der Waals surface area contributed by atoms with Gasteiger partial charge in [0.25, 0.3) is 0 Å². The number of fused-ring (bicyclic) bond motifs is 2. The fraction of sp³-hybridized carbons (Fsp3) is 0.688. The van der Waals surface area contributed by atoms with Crippen molar-refractivity contribution in [2.24, 2.45) is 5.92 Å². The van der Waals surface area contributed by atoms with E-state index in [1.807, 2.05) is 31.7 Å². The lowest BCUT2D eigenvalue weighted by molar-refractivity contribution is -0.135. The van der Waals surface area contributed by atoms with Crippen molar-refractivity contribution in [2.75, 3.05) is 44.2 Å². The zero-order valence-corrected chi connectivity index (χ0v) is 25.5. The van der Waals surface area contributed by atoms with Gasteiger partial charge in [0.2, 0.25) is 17.7 Å². The van der Waals surface area contributed by atoms with E-state index in [1.165, 1.54) is 5.56 Å². The van der Waals surface area contributed by atoms with Crippen molar-refractivity contribution >= 4 is 29.5 Å². The van der Waals surface area contributed by atoms with E-state index in [1.54, 1.807) is 4.90 Å². The molecule has 1 unspecified atom stereocenters. The van der Waals surface area contributed by atoms with E-state index in [2.05, 4.69) is 34.2 Å². The number of carbonyl (C=O) groups excluding carboxylic acids is 4. The minimum Gasteiger partial charge on any atom is -0.444 e. The molecule has 0 aromatic heterocycles. The maximum Gasteiger partial charge on any atom is 0.410 e. The number of ether oxygens (including phenoxy) is 1. The topological polar surface area (TPSA) is 102 Å². The number of piperidine rings is 2. The monoisotopic (exact) mass is 579 g/mol. The van der Waals surface area contributed by atoms with Gasteiger partial charge in [0.15, 0.2) is 0 Å². The van der Waals surface area contributed by atoms with E-state index >= 15 is 0 Å². The van der Waals surface area contributed by atoms with Gasteiger partial charge in [-0.25, -0.2) is 4.79 Å². The number of amides is 4. The van der Waals surface area contributed by atoms with E-state index in [0.717, 1.165) is 82.7 Å². The molecule has 4 fully saturated rings. The summed E-state index contributed by atoms with van der Waals surface area (Å²) in [7, 11) is 0. The fourth-order valence-electron chi connectivity index (χ4n) is 7.28. The molecule has 10 heteroatoms. The summed E-state index contributed by atoms with van der Waals surface area (Å²) in [5.41, 5.74) is 2.15. The van der Waals surface area contributed by atoms with Crippen LogP contribution in [0.15, 0.2) is 18.2 Å². The number of nitrogens with zero attached hydrogens (tertiary/aromatic N) is 4. The lowest BCUT2D eigenvalue weighted by atomic mass is 9.95. The van der Waals surface area contributed by atoms with Crippen LogP contribution in [0.4, 0.5) is 10.5 Å². The molecule has 0 radical (unpaired) electrons. The second kappa shape index (κ2) is 10.9. The molecular formula is C32H45N5O5. The van der Waals surface area contributed by atoms with Crippen LogP contribution in [0.25, 0.3) is 0 Å². The number of nitrogens with one attached hydrogen (secondary N) is 1. The third kappa shape index (κ3) is 5.67. The van der Waals surface area contributed by atoms with Gasteiger partial charge in [-0.2, -0.15) is 0 Å².